The molecule has 1 atom stereocenters. The van der Waals surface area contributed by atoms with Crippen LogP contribution in [0.5, 0.6) is 0 Å². The molecule has 0 aromatic carbocycles. The molecule has 0 saturated carbocycles. The third kappa shape index (κ3) is 5.11. The van der Waals surface area contributed by atoms with Gasteiger partial charge in [0.2, 0.25) is 5.91 Å². The first-order valence-electron chi connectivity index (χ1n) is 7.67. The number of aliphatic hydroxyl groups excluding tert-OH is 1. The fourth-order valence-corrected chi connectivity index (χ4v) is 3.00. The summed E-state index contributed by atoms with van der Waals surface area (Å²) < 4.78 is 0. The highest BCUT2D eigenvalue weighted by Gasteiger charge is 2.38. The molecular weight excluding hydrogens is 240 g/mol. The van der Waals surface area contributed by atoms with Crippen molar-refractivity contribution < 1.29 is 9.90 Å². The second-order valence-corrected chi connectivity index (χ2v) is 6.27. The van der Waals surface area contributed by atoms with Crippen LogP contribution in [0, 0.1) is 11.3 Å². The summed E-state index contributed by atoms with van der Waals surface area (Å²) in [6, 6.07) is 0. The molecule has 1 rings (SSSR count). The molecule has 19 heavy (non-hydrogen) atoms. The Bertz CT molecular complexity index is 268. The SMILES string of the molecule is CCCC1(C(=O)NCC(O)CC(C)C)CCNCC1. The van der Waals surface area contributed by atoms with Crippen molar-refractivity contribution in [2.45, 2.75) is 59.0 Å². The first kappa shape index (κ1) is 16.4. The first-order valence-corrected chi connectivity index (χ1v) is 7.67. The number of nitrogens with one attached hydrogen (secondary N) is 2. The molecule has 1 amide bonds. The Morgan fingerprint density at radius 1 is 1.37 bits per heavy atom. The fraction of sp³-hybridized carbons (Fsp3) is 0.933. The highest BCUT2D eigenvalue weighted by molar-refractivity contribution is 5.82. The molecule has 0 radical (unpaired) electrons. The van der Waals surface area contributed by atoms with Gasteiger partial charge in [-0.1, -0.05) is 27.2 Å². The van der Waals surface area contributed by atoms with Gasteiger partial charge in [0.1, 0.15) is 0 Å². The van der Waals surface area contributed by atoms with E-state index in [2.05, 4.69) is 31.4 Å². The van der Waals surface area contributed by atoms with Gasteiger partial charge in [-0.3, -0.25) is 4.79 Å². The minimum atomic E-state index is -0.427. The molecule has 1 heterocycles. The number of hydrogen-bond acceptors (Lipinski definition) is 3. The second-order valence-electron chi connectivity index (χ2n) is 6.27. The van der Waals surface area contributed by atoms with Gasteiger partial charge in [0.25, 0.3) is 0 Å². The van der Waals surface area contributed by atoms with Crippen LogP contribution in [0.15, 0.2) is 0 Å². The van der Waals surface area contributed by atoms with E-state index in [0.717, 1.165) is 45.2 Å². The van der Waals surface area contributed by atoms with Gasteiger partial charge in [-0.05, 0) is 44.7 Å². The van der Waals surface area contributed by atoms with Gasteiger partial charge in [-0.2, -0.15) is 0 Å². The van der Waals surface area contributed by atoms with Crippen molar-refractivity contribution in [3.8, 4) is 0 Å². The molecule has 0 spiro atoms. The number of amides is 1. The zero-order chi connectivity index (χ0) is 14.3. The predicted molar refractivity (Wildman–Crippen MR) is 77.9 cm³/mol. The summed E-state index contributed by atoms with van der Waals surface area (Å²) in [7, 11) is 0. The molecule has 1 aliphatic rings. The Morgan fingerprint density at radius 3 is 2.53 bits per heavy atom. The van der Waals surface area contributed by atoms with Crippen LogP contribution < -0.4 is 10.6 Å². The first-order chi connectivity index (χ1) is 9.00. The Kier molecular flexibility index (Phi) is 6.80. The van der Waals surface area contributed by atoms with Crippen molar-refractivity contribution in [1.29, 1.82) is 0 Å². The van der Waals surface area contributed by atoms with Crippen LogP contribution in [-0.2, 0) is 4.79 Å². The zero-order valence-corrected chi connectivity index (χ0v) is 12.7. The standard InChI is InChI=1S/C15H30N2O2/c1-4-5-15(6-8-16-9-7-15)14(19)17-11-13(18)10-12(2)3/h12-13,16,18H,4-11H2,1-3H3,(H,17,19). The van der Waals surface area contributed by atoms with Crippen molar-refractivity contribution in [2.75, 3.05) is 19.6 Å². The van der Waals surface area contributed by atoms with Crippen LogP contribution in [0.1, 0.15) is 52.9 Å². The second kappa shape index (κ2) is 7.85. The largest absolute Gasteiger partial charge is 0.391 e. The van der Waals surface area contributed by atoms with Crippen molar-refractivity contribution >= 4 is 5.91 Å². The lowest BCUT2D eigenvalue weighted by Gasteiger charge is -2.36. The Labute approximate surface area is 117 Å². The predicted octanol–water partition coefficient (Wildman–Crippen LogP) is 1.68. The van der Waals surface area contributed by atoms with Gasteiger partial charge in [0.05, 0.1) is 11.5 Å². The van der Waals surface area contributed by atoms with Gasteiger partial charge in [-0.15, -0.1) is 0 Å². The quantitative estimate of drug-likeness (QED) is 0.659. The van der Waals surface area contributed by atoms with Gasteiger partial charge in [0.15, 0.2) is 0 Å². The van der Waals surface area contributed by atoms with Crippen LogP contribution in [0.25, 0.3) is 0 Å². The van der Waals surface area contributed by atoms with Gasteiger partial charge in [-0.25, -0.2) is 0 Å². The molecule has 112 valence electrons. The highest BCUT2D eigenvalue weighted by atomic mass is 16.3. The summed E-state index contributed by atoms with van der Waals surface area (Å²) in [5.74, 6) is 0.592. The number of rotatable bonds is 7. The van der Waals surface area contributed by atoms with Crippen molar-refractivity contribution in [1.82, 2.24) is 10.6 Å². The Hall–Kier alpha value is -0.610. The monoisotopic (exact) mass is 270 g/mol. The normalized spacial score (nSPS) is 20.3. The molecule has 1 aliphatic heterocycles. The number of hydrogen-bond donors (Lipinski definition) is 3. The average molecular weight is 270 g/mol. The van der Waals surface area contributed by atoms with Crippen molar-refractivity contribution in [3.05, 3.63) is 0 Å². The third-order valence-corrected chi connectivity index (χ3v) is 4.01. The number of carbonyl (C=O) groups excluding carboxylic acids is 1. The smallest absolute Gasteiger partial charge is 0.226 e. The molecule has 4 heteroatoms. The van der Waals surface area contributed by atoms with E-state index >= 15 is 0 Å². The molecular formula is C15H30N2O2. The molecule has 1 unspecified atom stereocenters. The number of carbonyl (C=O) groups is 1. The van der Waals surface area contributed by atoms with Crippen molar-refractivity contribution in [2.24, 2.45) is 11.3 Å². The van der Waals surface area contributed by atoms with Gasteiger partial charge < -0.3 is 15.7 Å². The number of aliphatic hydroxyl groups is 1. The summed E-state index contributed by atoms with van der Waals surface area (Å²) in [4.78, 5) is 12.5. The molecule has 0 bridgehead atoms. The van der Waals surface area contributed by atoms with E-state index in [9.17, 15) is 9.90 Å². The average Bonchev–Trinajstić information content (AvgIpc) is 2.36. The minimum Gasteiger partial charge on any atom is -0.391 e. The molecule has 1 saturated heterocycles. The molecule has 0 aliphatic carbocycles. The summed E-state index contributed by atoms with van der Waals surface area (Å²) in [5.41, 5.74) is -0.211. The van der Waals surface area contributed by atoms with Gasteiger partial charge >= 0.3 is 0 Å². The lowest BCUT2D eigenvalue weighted by molar-refractivity contribution is -0.133. The van der Waals surface area contributed by atoms with Crippen LogP contribution in [0.2, 0.25) is 0 Å². The van der Waals surface area contributed by atoms with Gasteiger partial charge in [0, 0.05) is 6.54 Å². The third-order valence-electron chi connectivity index (χ3n) is 4.01. The lowest BCUT2D eigenvalue weighted by atomic mass is 9.74. The van der Waals surface area contributed by atoms with E-state index in [-0.39, 0.29) is 11.3 Å². The van der Waals surface area contributed by atoms with E-state index in [1.165, 1.54) is 0 Å². The molecule has 4 nitrogen and oxygen atoms in total. The maximum atomic E-state index is 12.5. The van der Waals surface area contributed by atoms with Crippen LogP contribution in [0.4, 0.5) is 0 Å². The maximum Gasteiger partial charge on any atom is 0.226 e. The summed E-state index contributed by atoms with van der Waals surface area (Å²) >= 11 is 0. The molecule has 0 aromatic heterocycles. The number of piperidine rings is 1. The minimum absolute atomic E-state index is 0.138. The topological polar surface area (TPSA) is 61.4 Å². The van der Waals surface area contributed by atoms with E-state index in [1.807, 2.05) is 0 Å². The van der Waals surface area contributed by atoms with E-state index in [0.29, 0.717) is 12.5 Å². The Morgan fingerprint density at radius 2 is 2.00 bits per heavy atom. The molecule has 3 N–H and O–H groups in total. The van der Waals surface area contributed by atoms with E-state index in [1.54, 1.807) is 0 Å². The Balaban J connectivity index is 2.48. The summed E-state index contributed by atoms with van der Waals surface area (Å²) in [6.45, 7) is 8.51. The molecule has 1 fully saturated rings. The van der Waals surface area contributed by atoms with Crippen molar-refractivity contribution in [3.63, 3.8) is 0 Å². The zero-order valence-electron chi connectivity index (χ0n) is 12.7. The fourth-order valence-electron chi connectivity index (χ4n) is 3.00. The van der Waals surface area contributed by atoms with Crippen LogP contribution >= 0.6 is 0 Å². The van der Waals surface area contributed by atoms with Crippen LogP contribution in [0.3, 0.4) is 0 Å². The summed E-state index contributed by atoms with van der Waals surface area (Å²) in [6.07, 6.45) is 4.11. The molecule has 0 aromatic rings. The maximum absolute atomic E-state index is 12.5. The van der Waals surface area contributed by atoms with E-state index in [4.69, 9.17) is 0 Å². The summed E-state index contributed by atoms with van der Waals surface area (Å²) in [5, 5.41) is 16.1. The highest BCUT2D eigenvalue weighted by Crippen LogP contribution is 2.34. The van der Waals surface area contributed by atoms with E-state index < -0.39 is 6.10 Å². The van der Waals surface area contributed by atoms with Crippen LogP contribution in [-0.4, -0.2) is 36.8 Å². The lowest BCUT2D eigenvalue weighted by Crippen LogP contribution is -2.49.